The van der Waals surface area contributed by atoms with E-state index in [1.165, 1.54) is 12.1 Å². The molecule has 96 valence electrons. The van der Waals surface area contributed by atoms with Gasteiger partial charge in [0.15, 0.2) is 5.11 Å². The molecule has 1 atom stereocenters. The summed E-state index contributed by atoms with van der Waals surface area (Å²) in [5, 5.41) is 5.32. The molecule has 1 fully saturated rings. The first-order valence-electron chi connectivity index (χ1n) is 5.05. The Labute approximate surface area is 106 Å². The molecule has 2 N–H and O–H groups in total. The molecule has 1 aromatic rings. The first-order valence-corrected chi connectivity index (χ1v) is 5.45. The summed E-state index contributed by atoms with van der Waals surface area (Å²) in [6.45, 7) is 1.56. The smallest absolute Gasteiger partial charge is 0.345 e. The number of benzene rings is 1. The van der Waals surface area contributed by atoms with Gasteiger partial charge in [-0.2, -0.15) is 13.2 Å². The zero-order valence-electron chi connectivity index (χ0n) is 9.26. The number of amides is 1. The van der Waals surface area contributed by atoms with E-state index < -0.39 is 17.3 Å². The Kier molecular flexibility index (Phi) is 2.81. The molecule has 1 saturated heterocycles. The summed E-state index contributed by atoms with van der Waals surface area (Å²) in [6.07, 6.45) is -4.39. The van der Waals surface area contributed by atoms with Crippen molar-refractivity contribution in [1.82, 2.24) is 10.6 Å². The first kappa shape index (κ1) is 12.8. The summed E-state index contributed by atoms with van der Waals surface area (Å²) in [5.41, 5.74) is -1.45. The third-order valence-corrected chi connectivity index (χ3v) is 3.04. The highest BCUT2D eigenvalue weighted by atomic mass is 32.1. The third-order valence-electron chi connectivity index (χ3n) is 2.83. The molecule has 1 amide bonds. The van der Waals surface area contributed by atoms with Crippen molar-refractivity contribution < 1.29 is 18.0 Å². The largest absolute Gasteiger partial charge is 0.416 e. The fraction of sp³-hybridized carbons (Fsp3) is 0.273. The van der Waals surface area contributed by atoms with Crippen LogP contribution < -0.4 is 10.6 Å². The van der Waals surface area contributed by atoms with Crippen LogP contribution in [0.4, 0.5) is 13.2 Å². The van der Waals surface area contributed by atoms with Gasteiger partial charge in [-0.25, -0.2) is 0 Å². The van der Waals surface area contributed by atoms with E-state index in [4.69, 9.17) is 12.2 Å². The fourth-order valence-corrected chi connectivity index (χ4v) is 2.04. The first-order chi connectivity index (χ1) is 8.23. The quantitative estimate of drug-likeness (QED) is 0.769. The molecule has 1 unspecified atom stereocenters. The van der Waals surface area contributed by atoms with Crippen LogP contribution in [0, 0.1) is 0 Å². The van der Waals surface area contributed by atoms with Crippen LogP contribution in [0.25, 0.3) is 0 Å². The highest BCUT2D eigenvalue weighted by Crippen LogP contribution is 2.31. The Bertz CT molecular complexity index is 512. The number of carbonyl (C=O) groups is 1. The second-order valence-electron chi connectivity index (χ2n) is 4.11. The van der Waals surface area contributed by atoms with E-state index in [2.05, 4.69) is 10.6 Å². The average Bonchev–Trinajstić information content (AvgIpc) is 2.53. The van der Waals surface area contributed by atoms with Crippen molar-refractivity contribution in [1.29, 1.82) is 0 Å². The molecular weight excluding hydrogens is 265 g/mol. The topological polar surface area (TPSA) is 41.1 Å². The maximum Gasteiger partial charge on any atom is 0.416 e. The van der Waals surface area contributed by atoms with Gasteiger partial charge in [-0.3, -0.25) is 4.79 Å². The summed E-state index contributed by atoms with van der Waals surface area (Å²) >= 11 is 4.81. The zero-order chi connectivity index (χ0) is 13.6. The lowest BCUT2D eigenvalue weighted by Crippen LogP contribution is -2.40. The SMILES string of the molecule is CC1(c2ccc(C(F)(F)F)cc2)NC(=S)NC1=O. The van der Waals surface area contributed by atoms with Gasteiger partial charge in [-0.1, -0.05) is 12.1 Å². The lowest BCUT2D eigenvalue weighted by atomic mass is 9.91. The Morgan fingerprint density at radius 1 is 1.22 bits per heavy atom. The number of hydrogen-bond acceptors (Lipinski definition) is 2. The van der Waals surface area contributed by atoms with Gasteiger partial charge in [0, 0.05) is 0 Å². The molecule has 3 nitrogen and oxygen atoms in total. The number of thiocarbonyl (C=S) groups is 1. The molecule has 1 aromatic carbocycles. The van der Waals surface area contributed by atoms with Crippen LogP contribution in [0.2, 0.25) is 0 Å². The van der Waals surface area contributed by atoms with Gasteiger partial charge in [0.1, 0.15) is 5.54 Å². The van der Waals surface area contributed by atoms with E-state index in [9.17, 15) is 18.0 Å². The fourth-order valence-electron chi connectivity index (χ4n) is 1.74. The zero-order valence-corrected chi connectivity index (χ0v) is 10.1. The Morgan fingerprint density at radius 3 is 2.17 bits per heavy atom. The maximum absolute atomic E-state index is 12.4. The lowest BCUT2D eigenvalue weighted by molar-refractivity contribution is -0.137. The monoisotopic (exact) mass is 274 g/mol. The van der Waals surface area contributed by atoms with E-state index in [1.54, 1.807) is 6.92 Å². The van der Waals surface area contributed by atoms with Crippen molar-refractivity contribution in [3.8, 4) is 0 Å². The van der Waals surface area contributed by atoms with E-state index in [1.807, 2.05) is 0 Å². The molecule has 0 spiro atoms. The molecule has 7 heteroatoms. The van der Waals surface area contributed by atoms with Gasteiger partial charge in [0.25, 0.3) is 5.91 Å². The summed E-state index contributed by atoms with van der Waals surface area (Å²) in [7, 11) is 0. The second kappa shape index (κ2) is 3.94. The van der Waals surface area contributed by atoms with Crippen LogP contribution in [0.3, 0.4) is 0 Å². The molecule has 1 aliphatic rings. The highest BCUT2D eigenvalue weighted by molar-refractivity contribution is 7.80. The molecule has 0 saturated carbocycles. The number of rotatable bonds is 1. The van der Waals surface area contributed by atoms with Gasteiger partial charge >= 0.3 is 6.18 Å². The van der Waals surface area contributed by atoms with Crippen LogP contribution in [0.15, 0.2) is 24.3 Å². The van der Waals surface area contributed by atoms with Gasteiger partial charge in [0.05, 0.1) is 5.56 Å². The molecule has 0 radical (unpaired) electrons. The summed E-state index contributed by atoms with van der Waals surface area (Å²) in [6, 6.07) is 4.42. The predicted molar refractivity (Wildman–Crippen MR) is 62.7 cm³/mol. The normalized spacial score (nSPS) is 23.8. The minimum absolute atomic E-state index is 0.169. The van der Waals surface area contributed by atoms with Crippen LogP contribution in [0.1, 0.15) is 18.1 Å². The Balaban J connectivity index is 2.36. The molecule has 0 bridgehead atoms. The van der Waals surface area contributed by atoms with Crippen molar-refractivity contribution in [3.63, 3.8) is 0 Å². The van der Waals surface area contributed by atoms with Gasteiger partial charge in [0.2, 0.25) is 0 Å². The van der Waals surface area contributed by atoms with Gasteiger partial charge < -0.3 is 10.6 Å². The number of hydrogen-bond donors (Lipinski definition) is 2. The van der Waals surface area contributed by atoms with Crippen LogP contribution >= 0.6 is 12.2 Å². The van der Waals surface area contributed by atoms with Crippen molar-refractivity contribution in [2.24, 2.45) is 0 Å². The van der Waals surface area contributed by atoms with Crippen molar-refractivity contribution in [2.45, 2.75) is 18.6 Å². The standard InChI is InChI=1S/C11H9F3N2OS/c1-10(8(17)15-9(18)16-10)6-2-4-7(5-3-6)11(12,13)14/h2-5H,1H3,(H2,15,16,17,18). The maximum atomic E-state index is 12.4. The number of halogens is 3. The van der Waals surface area contributed by atoms with Crippen LogP contribution in [-0.2, 0) is 16.5 Å². The Hall–Kier alpha value is -1.63. The van der Waals surface area contributed by atoms with Crippen LogP contribution in [-0.4, -0.2) is 11.0 Å². The highest BCUT2D eigenvalue weighted by Gasteiger charge is 2.42. The second-order valence-corrected chi connectivity index (χ2v) is 4.52. The van der Waals surface area contributed by atoms with E-state index in [0.29, 0.717) is 5.56 Å². The molecule has 1 heterocycles. The van der Waals surface area contributed by atoms with Gasteiger partial charge in [-0.15, -0.1) is 0 Å². The molecule has 0 aliphatic carbocycles. The minimum atomic E-state index is -4.39. The van der Waals surface area contributed by atoms with E-state index >= 15 is 0 Å². The molecule has 0 aromatic heterocycles. The van der Waals surface area contributed by atoms with E-state index in [0.717, 1.165) is 12.1 Å². The summed E-state index contributed by atoms with van der Waals surface area (Å²) in [5.74, 6) is -0.382. The number of alkyl halides is 3. The van der Waals surface area contributed by atoms with E-state index in [-0.39, 0.29) is 11.0 Å². The Morgan fingerprint density at radius 2 is 1.78 bits per heavy atom. The summed E-state index contributed by atoms with van der Waals surface area (Å²) < 4.78 is 37.2. The van der Waals surface area contributed by atoms with Gasteiger partial charge in [-0.05, 0) is 36.8 Å². The predicted octanol–water partition coefficient (Wildman–Crippen LogP) is 1.92. The molecular formula is C11H9F3N2OS. The van der Waals surface area contributed by atoms with Crippen molar-refractivity contribution in [2.75, 3.05) is 0 Å². The van der Waals surface area contributed by atoms with Crippen molar-refractivity contribution in [3.05, 3.63) is 35.4 Å². The molecule has 18 heavy (non-hydrogen) atoms. The van der Waals surface area contributed by atoms with Crippen molar-refractivity contribution >= 4 is 23.2 Å². The molecule has 2 rings (SSSR count). The number of nitrogens with one attached hydrogen (secondary N) is 2. The number of carbonyl (C=O) groups excluding carboxylic acids is 1. The summed E-state index contributed by atoms with van der Waals surface area (Å²) in [4.78, 5) is 11.7. The third kappa shape index (κ3) is 2.05. The minimum Gasteiger partial charge on any atom is -0.345 e. The molecule has 1 aliphatic heterocycles. The average molecular weight is 274 g/mol. The van der Waals surface area contributed by atoms with Crippen LogP contribution in [0.5, 0.6) is 0 Å². The lowest BCUT2D eigenvalue weighted by Gasteiger charge is -2.22.